The normalized spacial score (nSPS) is 11.8. The van der Waals surface area contributed by atoms with E-state index in [4.69, 9.17) is 4.74 Å². The van der Waals surface area contributed by atoms with Crippen LogP contribution in [-0.4, -0.2) is 41.1 Å². The number of hydrogen-bond donors (Lipinski definition) is 3. The van der Waals surface area contributed by atoms with Gasteiger partial charge in [0.15, 0.2) is 0 Å². The van der Waals surface area contributed by atoms with Gasteiger partial charge in [0.1, 0.15) is 11.4 Å². The molecule has 4 rings (SSSR count). The van der Waals surface area contributed by atoms with Gasteiger partial charge < -0.3 is 15.0 Å². The Kier molecular flexibility index (Phi) is 6.07. The SMILES string of the molecule is COc1ccc(S(=O)(=O)c2cccc(NC(=O)c3cc4ccc(NS(C)(=O)=O)cc4[nH]3)c2)cc1. The van der Waals surface area contributed by atoms with E-state index in [1.807, 2.05) is 0 Å². The number of ether oxygens (including phenoxy) is 1. The van der Waals surface area contributed by atoms with E-state index in [9.17, 15) is 21.6 Å². The highest BCUT2D eigenvalue weighted by Crippen LogP contribution is 2.26. The van der Waals surface area contributed by atoms with Crippen LogP contribution in [0.3, 0.4) is 0 Å². The number of aromatic amines is 1. The molecule has 3 N–H and O–H groups in total. The van der Waals surface area contributed by atoms with Gasteiger partial charge in [0.25, 0.3) is 5.91 Å². The van der Waals surface area contributed by atoms with Crippen molar-refractivity contribution in [1.82, 2.24) is 4.98 Å². The van der Waals surface area contributed by atoms with Crippen LogP contribution < -0.4 is 14.8 Å². The highest BCUT2D eigenvalue weighted by atomic mass is 32.2. The number of sulfonamides is 1. The van der Waals surface area contributed by atoms with Crippen molar-refractivity contribution < 1.29 is 26.4 Å². The molecule has 0 bridgehead atoms. The monoisotopic (exact) mass is 499 g/mol. The molecule has 34 heavy (non-hydrogen) atoms. The summed E-state index contributed by atoms with van der Waals surface area (Å²) in [6.07, 6.45) is 1.05. The molecule has 1 heterocycles. The van der Waals surface area contributed by atoms with Crippen molar-refractivity contribution in [3.05, 3.63) is 78.5 Å². The second-order valence-electron chi connectivity index (χ2n) is 7.52. The average molecular weight is 500 g/mol. The summed E-state index contributed by atoms with van der Waals surface area (Å²) in [5.74, 6) is 0.0605. The van der Waals surface area contributed by atoms with Gasteiger partial charge in [-0.2, -0.15) is 0 Å². The first-order chi connectivity index (χ1) is 16.0. The first kappa shape index (κ1) is 23.3. The summed E-state index contributed by atoms with van der Waals surface area (Å²) in [5, 5.41) is 3.40. The summed E-state index contributed by atoms with van der Waals surface area (Å²) in [4.78, 5) is 15.9. The molecule has 0 fully saturated rings. The average Bonchev–Trinajstić information content (AvgIpc) is 3.22. The zero-order valence-corrected chi connectivity index (χ0v) is 19.8. The lowest BCUT2D eigenvalue weighted by molar-refractivity contribution is 0.102. The second kappa shape index (κ2) is 8.84. The zero-order valence-electron chi connectivity index (χ0n) is 18.2. The smallest absolute Gasteiger partial charge is 0.272 e. The number of H-pyrrole nitrogens is 1. The minimum Gasteiger partial charge on any atom is -0.497 e. The number of nitrogens with one attached hydrogen (secondary N) is 3. The van der Waals surface area contributed by atoms with Gasteiger partial charge in [-0.3, -0.25) is 9.52 Å². The third kappa shape index (κ3) is 5.05. The molecule has 1 aromatic heterocycles. The van der Waals surface area contributed by atoms with E-state index < -0.39 is 25.8 Å². The largest absolute Gasteiger partial charge is 0.497 e. The topological polar surface area (TPSA) is 134 Å². The molecular formula is C23H21N3O6S2. The zero-order chi connectivity index (χ0) is 24.5. The molecule has 3 aromatic carbocycles. The summed E-state index contributed by atoms with van der Waals surface area (Å²) < 4.78 is 56.3. The van der Waals surface area contributed by atoms with Gasteiger partial charge in [-0.1, -0.05) is 12.1 Å². The number of benzene rings is 3. The maximum Gasteiger partial charge on any atom is 0.272 e. The van der Waals surface area contributed by atoms with Gasteiger partial charge in [-0.05, 0) is 60.7 Å². The van der Waals surface area contributed by atoms with Crippen molar-refractivity contribution in [2.24, 2.45) is 0 Å². The van der Waals surface area contributed by atoms with E-state index in [2.05, 4.69) is 15.0 Å². The highest BCUT2D eigenvalue weighted by Gasteiger charge is 2.19. The fourth-order valence-electron chi connectivity index (χ4n) is 3.36. The van der Waals surface area contributed by atoms with Crippen LogP contribution in [0, 0.1) is 0 Å². The minimum absolute atomic E-state index is 0.0311. The lowest BCUT2D eigenvalue weighted by Gasteiger charge is -2.09. The molecule has 0 aliphatic heterocycles. The lowest BCUT2D eigenvalue weighted by Crippen LogP contribution is -2.12. The highest BCUT2D eigenvalue weighted by molar-refractivity contribution is 7.92. The quantitative estimate of drug-likeness (QED) is 0.355. The summed E-state index contributed by atoms with van der Waals surface area (Å²) in [6, 6.07) is 18.5. The number of hydrogen-bond acceptors (Lipinski definition) is 6. The predicted molar refractivity (Wildman–Crippen MR) is 130 cm³/mol. The molecule has 0 radical (unpaired) electrons. The molecule has 0 aliphatic rings. The van der Waals surface area contributed by atoms with Crippen molar-refractivity contribution in [2.45, 2.75) is 9.79 Å². The van der Waals surface area contributed by atoms with E-state index in [0.717, 1.165) is 6.26 Å². The fraction of sp³-hybridized carbons (Fsp3) is 0.0870. The van der Waals surface area contributed by atoms with E-state index >= 15 is 0 Å². The Balaban J connectivity index is 1.56. The predicted octanol–water partition coefficient (Wildman–Crippen LogP) is 3.63. The lowest BCUT2D eigenvalue weighted by atomic mass is 10.2. The third-order valence-corrected chi connectivity index (χ3v) is 7.32. The van der Waals surface area contributed by atoms with Crippen LogP contribution in [0.5, 0.6) is 5.75 Å². The Bertz CT molecular complexity index is 1590. The summed E-state index contributed by atoms with van der Waals surface area (Å²) in [6.45, 7) is 0. The number of carbonyl (C=O) groups excluding carboxylic acids is 1. The number of sulfone groups is 1. The number of methoxy groups -OCH3 is 1. The fourth-order valence-corrected chi connectivity index (χ4v) is 5.22. The van der Waals surface area contributed by atoms with Gasteiger partial charge in [-0.25, -0.2) is 16.8 Å². The summed E-state index contributed by atoms with van der Waals surface area (Å²) in [5.41, 5.74) is 1.46. The first-order valence-electron chi connectivity index (χ1n) is 9.96. The van der Waals surface area contributed by atoms with Gasteiger partial charge in [0, 0.05) is 16.6 Å². The second-order valence-corrected chi connectivity index (χ2v) is 11.2. The number of rotatable bonds is 7. The number of aromatic nitrogens is 1. The standard InChI is InChI=1S/C23H21N3O6S2/c1-32-18-8-10-19(11-9-18)34(30,31)20-5-3-4-16(13-20)24-23(27)22-12-15-6-7-17(14-21(15)25-22)26-33(2,28)29/h3-14,25-26H,1-2H3,(H,24,27). The van der Waals surface area contributed by atoms with Crippen LogP contribution in [0.1, 0.15) is 10.5 Å². The number of fused-ring (bicyclic) bond motifs is 1. The Morgan fingerprint density at radius 1 is 0.853 bits per heavy atom. The van der Waals surface area contributed by atoms with Crippen molar-refractivity contribution in [3.8, 4) is 5.75 Å². The van der Waals surface area contributed by atoms with E-state index in [1.165, 1.54) is 31.4 Å². The first-order valence-corrected chi connectivity index (χ1v) is 13.3. The van der Waals surface area contributed by atoms with Crippen molar-refractivity contribution in [2.75, 3.05) is 23.4 Å². The molecule has 0 atom stereocenters. The van der Waals surface area contributed by atoms with Crippen LogP contribution in [0.15, 0.2) is 82.6 Å². The van der Waals surface area contributed by atoms with Gasteiger partial charge in [0.2, 0.25) is 19.9 Å². The molecule has 0 saturated heterocycles. The number of amides is 1. The molecule has 0 aliphatic carbocycles. The Hall–Kier alpha value is -3.83. The van der Waals surface area contributed by atoms with Gasteiger partial charge >= 0.3 is 0 Å². The Morgan fingerprint density at radius 3 is 2.26 bits per heavy atom. The third-order valence-electron chi connectivity index (χ3n) is 4.94. The molecule has 11 heteroatoms. The molecule has 4 aromatic rings. The molecule has 176 valence electrons. The molecule has 9 nitrogen and oxygen atoms in total. The van der Waals surface area contributed by atoms with Crippen LogP contribution in [0.4, 0.5) is 11.4 Å². The summed E-state index contributed by atoms with van der Waals surface area (Å²) in [7, 11) is -5.74. The van der Waals surface area contributed by atoms with Crippen molar-refractivity contribution in [3.63, 3.8) is 0 Å². The van der Waals surface area contributed by atoms with Crippen LogP contribution in [0.25, 0.3) is 10.9 Å². The van der Waals surface area contributed by atoms with Crippen molar-refractivity contribution in [1.29, 1.82) is 0 Å². The molecular weight excluding hydrogens is 478 g/mol. The van der Waals surface area contributed by atoms with E-state index in [-0.39, 0.29) is 15.5 Å². The van der Waals surface area contributed by atoms with Crippen molar-refractivity contribution >= 4 is 48.0 Å². The van der Waals surface area contributed by atoms with Gasteiger partial charge in [0.05, 0.1) is 28.8 Å². The van der Waals surface area contributed by atoms with Gasteiger partial charge in [-0.15, -0.1) is 0 Å². The van der Waals surface area contributed by atoms with Crippen LogP contribution >= 0.6 is 0 Å². The maximum absolute atomic E-state index is 13.0. The Morgan fingerprint density at radius 2 is 1.59 bits per heavy atom. The molecule has 1 amide bonds. The summed E-state index contributed by atoms with van der Waals surface area (Å²) >= 11 is 0. The van der Waals surface area contributed by atoms with E-state index in [1.54, 1.807) is 48.5 Å². The van der Waals surface area contributed by atoms with Crippen LogP contribution in [0.2, 0.25) is 0 Å². The number of carbonyl (C=O) groups is 1. The molecule has 0 spiro atoms. The van der Waals surface area contributed by atoms with Crippen LogP contribution in [-0.2, 0) is 19.9 Å². The number of anilines is 2. The maximum atomic E-state index is 13.0. The van der Waals surface area contributed by atoms with E-state index in [0.29, 0.717) is 28.0 Å². The Labute approximate surface area is 196 Å². The minimum atomic E-state index is -3.80. The molecule has 0 unspecified atom stereocenters. The molecule has 0 saturated carbocycles.